The lowest BCUT2D eigenvalue weighted by Gasteiger charge is -2.14. The molecule has 0 aliphatic rings. The normalized spacial score (nSPS) is 11.7. The van der Waals surface area contributed by atoms with E-state index in [1.54, 1.807) is 0 Å². The fraction of sp³-hybridized carbons (Fsp3) is 0. The largest absolute Gasteiger partial charge is 0.314 e. The van der Waals surface area contributed by atoms with Gasteiger partial charge in [0.05, 0.1) is 27.6 Å². The molecule has 0 atom stereocenters. The van der Waals surface area contributed by atoms with E-state index in [1.807, 2.05) is 0 Å². The quantitative estimate of drug-likeness (QED) is 0.161. The number of aromatic nitrogens is 3. The smallest absolute Gasteiger partial charge is 0.0788 e. The summed E-state index contributed by atoms with van der Waals surface area (Å²) >= 11 is 0. The van der Waals surface area contributed by atoms with Crippen LogP contribution in [0.3, 0.4) is 0 Å². The summed E-state index contributed by atoms with van der Waals surface area (Å²) in [6.45, 7) is 0. The molecule has 12 aromatic rings. The summed E-state index contributed by atoms with van der Waals surface area (Å²) in [5.41, 5.74) is 16.5. The first-order valence-electron chi connectivity index (χ1n) is 20.3. The Kier molecular flexibility index (Phi) is 7.54. The standard InChI is InChI=1S/C56H37N3/c1-5-16-38(17-6-1)41-28-32-53-49(34-41)50-35-42(39-18-7-2-8-19-39)29-33-54(50)58(53)44-24-15-25-45(36-44)59-52-27-14-13-26-46(52)47-30-31-48-51(40-20-9-3-10-21-40)37-57(55(48)56(47)59)43-22-11-4-12-23-43/h1-37H. The summed E-state index contributed by atoms with van der Waals surface area (Å²) < 4.78 is 7.32. The third-order valence-corrected chi connectivity index (χ3v) is 12.0. The van der Waals surface area contributed by atoms with E-state index in [9.17, 15) is 0 Å². The summed E-state index contributed by atoms with van der Waals surface area (Å²) in [6.07, 6.45) is 2.32. The zero-order chi connectivity index (χ0) is 38.9. The maximum Gasteiger partial charge on any atom is 0.0788 e. The van der Waals surface area contributed by atoms with Gasteiger partial charge in [0.15, 0.2) is 0 Å². The molecule has 3 nitrogen and oxygen atoms in total. The van der Waals surface area contributed by atoms with E-state index >= 15 is 0 Å². The molecular formula is C56H37N3. The van der Waals surface area contributed by atoms with Crippen LogP contribution in [0.25, 0.3) is 105 Å². The van der Waals surface area contributed by atoms with Crippen molar-refractivity contribution < 1.29 is 0 Å². The monoisotopic (exact) mass is 751 g/mol. The van der Waals surface area contributed by atoms with Gasteiger partial charge < -0.3 is 13.7 Å². The van der Waals surface area contributed by atoms with E-state index in [4.69, 9.17) is 0 Å². The van der Waals surface area contributed by atoms with Crippen molar-refractivity contribution in [3.63, 3.8) is 0 Å². The molecule has 0 aliphatic heterocycles. The molecule has 276 valence electrons. The van der Waals surface area contributed by atoms with Crippen molar-refractivity contribution >= 4 is 54.5 Å². The zero-order valence-electron chi connectivity index (χ0n) is 32.2. The zero-order valence-corrected chi connectivity index (χ0v) is 32.2. The maximum atomic E-state index is 2.49. The summed E-state index contributed by atoms with van der Waals surface area (Å²) in [5, 5.41) is 6.15. The van der Waals surface area contributed by atoms with Crippen LogP contribution in [-0.2, 0) is 0 Å². The molecule has 0 unspecified atom stereocenters. The highest BCUT2D eigenvalue weighted by molar-refractivity contribution is 6.20. The van der Waals surface area contributed by atoms with Gasteiger partial charge in [-0.1, -0.05) is 158 Å². The van der Waals surface area contributed by atoms with Gasteiger partial charge in [0.2, 0.25) is 0 Å². The van der Waals surface area contributed by atoms with Crippen LogP contribution in [0.4, 0.5) is 0 Å². The fourth-order valence-electron chi connectivity index (χ4n) is 9.37. The van der Waals surface area contributed by atoms with Crippen molar-refractivity contribution in [1.82, 2.24) is 13.7 Å². The Labute approximate surface area is 341 Å². The van der Waals surface area contributed by atoms with Gasteiger partial charge in [0.25, 0.3) is 0 Å². The third kappa shape index (κ3) is 5.29. The highest BCUT2D eigenvalue weighted by Crippen LogP contribution is 2.43. The molecule has 3 aromatic heterocycles. The van der Waals surface area contributed by atoms with Crippen LogP contribution in [0.2, 0.25) is 0 Å². The molecule has 3 heteroatoms. The van der Waals surface area contributed by atoms with Gasteiger partial charge in [0.1, 0.15) is 0 Å². The van der Waals surface area contributed by atoms with E-state index in [2.05, 4.69) is 238 Å². The van der Waals surface area contributed by atoms with Crippen molar-refractivity contribution in [3.05, 3.63) is 225 Å². The van der Waals surface area contributed by atoms with E-state index in [0.29, 0.717) is 0 Å². The van der Waals surface area contributed by atoms with Crippen molar-refractivity contribution in [2.75, 3.05) is 0 Å². The highest BCUT2D eigenvalue weighted by Gasteiger charge is 2.22. The molecule has 0 amide bonds. The fourth-order valence-corrected chi connectivity index (χ4v) is 9.37. The van der Waals surface area contributed by atoms with Crippen LogP contribution >= 0.6 is 0 Å². The summed E-state index contributed by atoms with van der Waals surface area (Å²) in [7, 11) is 0. The van der Waals surface area contributed by atoms with Crippen molar-refractivity contribution in [3.8, 4) is 50.4 Å². The maximum absolute atomic E-state index is 2.49. The predicted molar refractivity (Wildman–Crippen MR) is 248 cm³/mol. The molecule has 0 N–H and O–H groups in total. The number of para-hydroxylation sites is 2. The van der Waals surface area contributed by atoms with Gasteiger partial charge in [-0.15, -0.1) is 0 Å². The minimum atomic E-state index is 1.11. The van der Waals surface area contributed by atoms with E-state index in [0.717, 1.165) is 17.1 Å². The van der Waals surface area contributed by atoms with Crippen LogP contribution in [-0.4, -0.2) is 13.7 Å². The lowest BCUT2D eigenvalue weighted by atomic mass is 10.0. The molecule has 0 radical (unpaired) electrons. The minimum absolute atomic E-state index is 1.11. The van der Waals surface area contributed by atoms with Crippen LogP contribution in [0, 0.1) is 0 Å². The molecule has 12 rings (SSSR count). The summed E-state index contributed by atoms with van der Waals surface area (Å²) in [6, 6.07) is 79.3. The Morgan fingerprint density at radius 2 is 0.746 bits per heavy atom. The highest BCUT2D eigenvalue weighted by atomic mass is 15.0. The average molecular weight is 752 g/mol. The Morgan fingerprint density at radius 1 is 0.254 bits per heavy atom. The number of hydrogen-bond acceptors (Lipinski definition) is 0. The van der Waals surface area contributed by atoms with Gasteiger partial charge >= 0.3 is 0 Å². The molecule has 0 spiro atoms. The minimum Gasteiger partial charge on any atom is -0.314 e. The second-order valence-corrected chi connectivity index (χ2v) is 15.4. The molecule has 0 fully saturated rings. The van der Waals surface area contributed by atoms with E-state index in [-0.39, 0.29) is 0 Å². The first-order valence-corrected chi connectivity index (χ1v) is 20.3. The number of rotatable bonds is 6. The Balaban J connectivity index is 1.14. The lowest BCUT2D eigenvalue weighted by molar-refractivity contribution is 1.11. The van der Waals surface area contributed by atoms with Crippen LogP contribution in [0.5, 0.6) is 0 Å². The van der Waals surface area contributed by atoms with Crippen LogP contribution in [0.1, 0.15) is 0 Å². The van der Waals surface area contributed by atoms with Crippen LogP contribution in [0.15, 0.2) is 225 Å². The van der Waals surface area contributed by atoms with Crippen molar-refractivity contribution in [2.24, 2.45) is 0 Å². The lowest BCUT2D eigenvalue weighted by Crippen LogP contribution is -2.00. The second-order valence-electron chi connectivity index (χ2n) is 15.4. The summed E-state index contributed by atoms with van der Waals surface area (Å²) in [5.74, 6) is 0. The predicted octanol–water partition coefficient (Wildman–Crippen LogP) is 14.8. The van der Waals surface area contributed by atoms with Crippen molar-refractivity contribution in [1.29, 1.82) is 0 Å². The first-order chi connectivity index (χ1) is 29.3. The molecule has 0 saturated carbocycles. The summed E-state index contributed by atoms with van der Waals surface area (Å²) in [4.78, 5) is 0. The topological polar surface area (TPSA) is 14.8 Å². The number of nitrogens with zero attached hydrogens (tertiary/aromatic N) is 3. The van der Waals surface area contributed by atoms with Crippen molar-refractivity contribution in [2.45, 2.75) is 0 Å². The van der Waals surface area contributed by atoms with E-state index in [1.165, 1.54) is 87.9 Å². The number of hydrogen-bond donors (Lipinski definition) is 0. The van der Waals surface area contributed by atoms with E-state index < -0.39 is 0 Å². The van der Waals surface area contributed by atoms with Gasteiger partial charge in [-0.2, -0.15) is 0 Å². The Bertz CT molecular complexity index is 3420. The molecular weight excluding hydrogens is 715 g/mol. The third-order valence-electron chi connectivity index (χ3n) is 12.0. The molecule has 59 heavy (non-hydrogen) atoms. The number of benzene rings is 9. The SMILES string of the molecule is c1ccc(-c2ccc3c(c2)c2cc(-c4ccccc4)ccc2n3-c2cccc(-n3c4ccccc4c4ccc5c(-c6ccccc6)cn(-c6ccccc6)c5c43)c2)cc1. The Hall–Kier alpha value is -7.88. The van der Waals surface area contributed by atoms with Gasteiger partial charge in [-0.3, -0.25) is 0 Å². The molecule has 9 aromatic carbocycles. The van der Waals surface area contributed by atoms with Crippen LogP contribution < -0.4 is 0 Å². The first kappa shape index (κ1) is 33.3. The molecule has 0 saturated heterocycles. The average Bonchev–Trinajstić information content (AvgIpc) is 3.98. The Morgan fingerprint density at radius 3 is 1.37 bits per heavy atom. The number of fused-ring (bicyclic) bond motifs is 8. The molecule has 0 aliphatic carbocycles. The van der Waals surface area contributed by atoms with Gasteiger partial charge in [-0.25, -0.2) is 0 Å². The second kappa shape index (κ2) is 13.4. The van der Waals surface area contributed by atoms with Gasteiger partial charge in [-0.05, 0) is 88.5 Å². The van der Waals surface area contributed by atoms with Gasteiger partial charge in [0, 0.05) is 55.8 Å². The molecule has 3 heterocycles. The molecule has 0 bridgehead atoms.